The molecule has 1 N–H and O–H groups in total. The molecule has 0 bridgehead atoms. The van der Waals surface area contributed by atoms with Gasteiger partial charge in [-0.05, 0) is 37.5 Å². The van der Waals surface area contributed by atoms with Gasteiger partial charge >= 0.3 is 5.97 Å². The quantitative estimate of drug-likeness (QED) is 0.837. The van der Waals surface area contributed by atoms with E-state index < -0.39 is 5.97 Å². The van der Waals surface area contributed by atoms with Crippen molar-refractivity contribution in [1.29, 1.82) is 0 Å². The van der Waals surface area contributed by atoms with Gasteiger partial charge in [0.25, 0.3) is 5.91 Å². The molecule has 136 valence electrons. The number of nitrogens with zero attached hydrogens (tertiary/aromatic N) is 1. The predicted molar refractivity (Wildman–Crippen MR) is 101 cm³/mol. The number of benzene rings is 1. The van der Waals surface area contributed by atoms with Crippen molar-refractivity contribution in [2.75, 3.05) is 23.4 Å². The molecule has 2 aromatic rings. The number of fused-ring (bicyclic) bond motifs is 1. The van der Waals surface area contributed by atoms with Gasteiger partial charge in [0.2, 0.25) is 5.91 Å². The van der Waals surface area contributed by atoms with E-state index in [1.165, 1.54) is 18.3 Å². The first-order valence-corrected chi connectivity index (χ1v) is 9.13. The van der Waals surface area contributed by atoms with Gasteiger partial charge in [0.1, 0.15) is 5.00 Å². The summed E-state index contributed by atoms with van der Waals surface area (Å²) in [6.07, 6.45) is 0.797. The average molecular weight is 372 g/mol. The Morgan fingerprint density at radius 1 is 1.23 bits per heavy atom. The second-order valence-electron chi connectivity index (χ2n) is 6.17. The third-order valence-corrected chi connectivity index (χ3v) is 5.52. The van der Waals surface area contributed by atoms with E-state index in [2.05, 4.69) is 5.32 Å². The lowest BCUT2D eigenvalue weighted by Crippen LogP contribution is -2.33. The van der Waals surface area contributed by atoms with E-state index in [0.29, 0.717) is 17.1 Å². The van der Waals surface area contributed by atoms with Crippen molar-refractivity contribution in [3.63, 3.8) is 0 Å². The fraction of sp³-hybridized carbons (Fsp3) is 0.316. The zero-order valence-electron chi connectivity index (χ0n) is 14.9. The molecule has 0 radical (unpaired) electrons. The highest BCUT2D eigenvalue weighted by Crippen LogP contribution is 2.33. The Hall–Kier alpha value is -2.67. The number of esters is 1. The van der Waals surface area contributed by atoms with E-state index in [0.717, 1.165) is 28.1 Å². The highest BCUT2D eigenvalue weighted by molar-refractivity contribution is 7.16. The van der Waals surface area contributed by atoms with Gasteiger partial charge in [-0.15, -0.1) is 11.3 Å². The van der Waals surface area contributed by atoms with Gasteiger partial charge in [0, 0.05) is 24.0 Å². The Bertz CT molecular complexity index is 888. The van der Waals surface area contributed by atoms with Crippen LogP contribution in [0.2, 0.25) is 0 Å². The number of para-hydroxylation sites is 1. The number of aryl methyl sites for hydroxylation is 1. The molecule has 7 heteroatoms. The monoisotopic (exact) mass is 372 g/mol. The molecule has 1 aromatic heterocycles. The Kier molecular flexibility index (Phi) is 5.08. The van der Waals surface area contributed by atoms with Gasteiger partial charge < -0.3 is 15.0 Å². The average Bonchev–Trinajstić information content (AvgIpc) is 3.14. The minimum atomic E-state index is -0.601. The van der Waals surface area contributed by atoms with Gasteiger partial charge in [0.15, 0.2) is 6.61 Å². The van der Waals surface area contributed by atoms with Crippen LogP contribution in [0, 0.1) is 13.8 Å². The number of nitrogens with one attached hydrogen (secondary N) is 1. The molecule has 0 saturated carbocycles. The first-order valence-electron chi connectivity index (χ1n) is 8.31. The fourth-order valence-corrected chi connectivity index (χ4v) is 4.09. The molecule has 2 amide bonds. The number of amides is 2. The van der Waals surface area contributed by atoms with Crippen LogP contribution in [0.4, 0.5) is 10.7 Å². The molecule has 6 nitrogen and oxygen atoms in total. The number of carbonyl (C=O) groups excluding carboxylic acids is 3. The summed E-state index contributed by atoms with van der Waals surface area (Å²) in [7, 11) is 0. The summed E-state index contributed by atoms with van der Waals surface area (Å²) in [4.78, 5) is 38.9. The zero-order valence-corrected chi connectivity index (χ0v) is 15.7. The summed E-state index contributed by atoms with van der Waals surface area (Å²) >= 11 is 1.32. The van der Waals surface area contributed by atoms with Crippen LogP contribution in [0.15, 0.2) is 24.3 Å². The molecular weight excluding hydrogens is 352 g/mol. The standard InChI is InChI=1S/C19H20N2O4S/c1-11-12(2)26-18(20-13(3)22)17(11)19(24)25-10-16(23)21-9-8-14-6-4-5-7-15(14)21/h4-7H,8-10H2,1-3H3,(H,20,22). The number of thiophene rings is 1. The van der Waals surface area contributed by atoms with Crippen LogP contribution in [-0.2, 0) is 20.7 Å². The second kappa shape index (κ2) is 7.29. The van der Waals surface area contributed by atoms with E-state index in [9.17, 15) is 14.4 Å². The van der Waals surface area contributed by atoms with Crippen LogP contribution in [0.5, 0.6) is 0 Å². The lowest BCUT2D eigenvalue weighted by atomic mass is 10.1. The molecule has 26 heavy (non-hydrogen) atoms. The van der Waals surface area contributed by atoms with Gasteiger partial charge in [0.05, 0.1) is 5.56 Å². The lowest BCUT2D eigenvalue weighted by molar-refractivity contribution is -0.121. The zero-order chi connectivity index (χ0) is 18.8. The predicted octanol–water partition coefficient (Wildman–Crippen LogP) is 3.07. The minimum absolute atomic E-state index is 0.256. The van der Waals surface area contributed by atoms with Crippen LogP contribution in [-0.4, -0.2) is 30.9 Å². The van der Waals surface area contributed by atoms with Crippen LogP contribution < -0.4 is 10.2 Å². The highest BCUT2D eigenvalue weighted by atomic mass is 32.1. The van der Waals surface area contributed by atoms with Crippen molar-refractivity contribution < 1.29 is 19.1 Å². The fourth-order valence-electron chi connectivity index (χ4n) is 3.00. The number of hydrogen-bond acceptors (Lipinski definition) is 5. The van der Waals surface area contributed by atoms with E-state index in [1.54, 1.807) is 11.8 Å². The SMILES string of the molecule is CC(=O)Nc1sc(C)c(C)c1C(=O)OCC(=O)N1CCc2ccccc21. The first kappa shape index (κ1) is 18.1. The van der Waals surface area contributed by atoms with Gasteiger partial charge in [-0.1, -0.05) is 18.2 Å². The molecule has 0 spiro atoms. The summed E-state index contributed by atoms with van der Waals surface area (Å²) in [6.45, 7) is 5.30. The van der Waals surface area contributed by atoms with E-state index in [-0.39, 0.29) is 18.4 Å². The van der Waals surface area contributed by atoms with E-state index in [1.807, 2.05) is 31.2 Å². The summed E-state index contributed by atoms with van der Waals surface area (Å²) in [6, 6.07) is 7.71. The van der Waals surface area contributed by atoms with E-state index in [4.69, 9.17) is 4.74 Å². The van der Waals surface area contributed by atoms with Crippen molar-refractivity contribution >= 4 is 39.8 Å². The molecular formula is C19H20N2O4S. The van der Waals surface area contributed by atoms with Gasteiger partial charge in [-0.3, -0.25) is 9.59 Å². The Balaban J connectivity index is 1.70. The molecule has 2 heterocycles. The third kappa shape index (κ3) is 3.48. The maximum absolute atomic E-state index is 12.5. The number of carbonyl (C=O) groups is 3. The molecule has 0 unspecified atom stereocenters. The molecule has 0 aliphatic carbocycles. The molecule has 3 rings (SSSR count). The molecule has 0 atom stereocenters. The van der Waals surface area contributed by atoms with Crippen LogP contribution in [0.25, 0.3) is 0 Å². The largest absolute Gasteiger partial charge is 0.452 e. The van der Waals surface area contributed by atoms with E-state index >= 15 is 0 Å². The third-order valence-electron chi connectivity index (χ3n) is 4.39. The summed E-state index contributed by atoms with van der Waals surface area (Å²) < 4.78 is 5.26. The normalized spacial score (nSPS) is 12.7. The Morgan fingerprint density at radius 2 is 1.96 bits per heavy atom. The molecule has 1 aromatic carbocycles. The van der Waals surface area contributed by atoms with Crippen LogP contribution >= 0.6 is 11.3 Å². The van der Waals surface area contributed by atoms with Gasteiger partial charge in [-0.25, -0.2) is 4.79 Å². The van der Waals surface area contributed by atoms with Crippen molar-refractivity contribution in [2.45, 2.75) is 27.2 Å². The summed E-state index contributed by atoms with van der Waals surface area (Å²) in [5.74, 6) is -1.12. The highest BCUT2D eigenvalue weighted by Gasteiger charge is 2.27. The smallest absolute Gasteiger partial charge is 0.341 e. The van der Waals surface area contributed by atoms with Crippen LogP contribution in [0.3, 0.4) is 0 Å². The number of ether oxygens (including phenoxy) is 1. The molecule has 1 aliphatic rings. The summed E-state index contributed by atoms with van der Waals surface area (Å²) in [5.41, 5.74) is 3.06. The number of hydrogen-bond donors (Lipinski definition) is 1. The maximum Gasteiger partial charge on any atom is 0.341 e. The van der Waals surface area contributed by atoms with Crippen molar-refractivity contribution in [3.05, 3.63) is 45.8 Å². The first-order chi connectivity index (χ1) is 12.4. The minimum Gasteiger partial charge on any atom is -0.452 e. The molecule has 0 saturated heterocycles. The van der Waals surface area contributed by atoms with Gasteiger partial charge in [-0.2, -0.15) is 0 Å². The van der Waals surface area contributed by atoms with Crippen molar-refractivity contribution in [3.8, 4) is 0 Å². The number of rotatable bonds is 4. The maximum atomic E-state index is 12.5. The second-order valence-corrected chi connectivity index (χ2v) is 7.39. The van der Waals surface area contributed by atoms with Crippen LogP contribution in [0.1, 0.15) is 33.3 Å². The van der Waals surface area contributed by atoms with Crippen molar-refractivity contribution in [1.82, 2.24) is 0 Å². The molecule has 1 aliphatic heterocycles. The Morgan fingerprint density at radius 3 is 2.69 bits per heavy atom. The van der Waals surface area contributed by atoms with Crippen molar-refractivity contribution in [2.24, 2.45) is 0 Å². The number of anilines is 2. The lowest BCUT2D eigenvalue weighted by Gasteiger charge is -2.17. The Labute approximate surface area is 155 Å². The summed E-state index contributed by atoms with van der Waals surface area (Å²) in [5, 5.41) is 3.11. The molecule has 0 fully saturated rings. The topological polar surface area (TPSA) is 75.7 Å².